The Morgan fingerprint density at radius 2 is 1.98 bits per heavy atom. The fraction of sp³-hybridized carbons (Fsp3) is 0.586. The molecule has 3 aliphatic heterocycles. The van der Waals surface area contributed by atoms with Crippen molar-refractivity contribution in [3.05, 3.63) is 35.3 Å². The van der Waals surface area contributed by atoms with Gasteiger partial charge in [0.1, 0.15) is 29.1 Å². The van der Waals surface area contributed by atoms with Crippen molar-refractivity contribution in [2.75, 3.05) is 29.9 Å². The maximum atomic E-state index is 13.3. The second kappa shape index (κ2) is 10.0. The number of amides is 3. The average Bonchev–Trinajstić information content (AvgIpc) is 3.52. The van der Waals surface area contributed by atoms with Crippen LogP contribution in [0, 0.1) is 5.92 Å². The summed E-state index contributed by atoms with van der Waals surface area (Å²) in [7, 11) is 0. The second-order valence-corrected chi connectivity index (χ2v) is 12.8. The third-order valence-electron chi connectivity index (χ3n) is 7.33. The number of hydrogen-bond donors (Lipinski definition) is 2. The monoisotopic (exact) mass is 553 g/mol. The van der Waals surface area contributed by atoms with Crippen molar-refractivity contribution in [2.24, 2.45) is 5.92 Å². The Hall–Kier alpha value is -3.76. The zero-order chi connectivity index (χ0) is 29.0. The zero-order valence-electron chi connectivity index (χ0n) is 24.3. The number of ether oxygens (including phenoxy) is 2. The molecule has 2 aromatic rings. The third-order valence-corrected chi connectivity index (χ3v) is 7.33. The van der Waals surface area contributed by atoms with Gasteiger partial charge in [0.25, 0.3) is 11.8 Å². The second-order valence-electron chi connectivity index (χ2n) is 12.8. The Balaban J connectivity index is 1.34. The van der Waals surface area contributed by atoms with E-state index in [-0.39, 0.29) is 41.2 Å². The van der Waals surface area contributed by atoms with E-state index in [2.05, 4.69) is 15.5 Å². The number of fused-ring (bicyclic) bond motifs is 2. The van der Waals surface area contributed by atoms with Gasteiger partial charge in [-0.2, -0.15) is 4.98 Å². The van der Waals surface area contributed by atoms with E-state index in [1.54, 1.807) is 6.07 Å². The number of hydrogen-bond acceptors (Lipinski definition) is 8. The normalized spacial score (nSPS) is 21.6. The Morgan fingerprint density at radius 3 is 2.67 bits per heavy atom. The molecule has 0 spiro atoms. The van der Waals surface area contributed by atoms with Crippen molar-refractivity contribution < 1.29 is 28.3 Å². The molecule has 2 atom stereocenters. The number of likely N-dealkylation sites (tertiary alicyclic amines) is 1. The van der Waals surface area contributed by atoms with Crippen LogP contribution in [0.2, 0.25) is 0 Å². The van der Waals surface area contributed by atoms with Crippen molar-refractivity contribution >= 4 is 29.4 Å². The maximum absolute atomic E-state index is 13.3. The molecule has 2 saturated heterocycles. The largest absolute Gasteiger partial charge is 0.473 e. The number of aromatic nitrogens is 1. The summed E-state index contributed by atoms with van der Waals surface area (Å²) in [5.41, 5.74) is -0.188. The van der Waals surface area contributed by atoms with Crippen molar-refractivity contribution in [2.45, 2.75) is 84.6 Å². The molecule has 2 aromatic heterocycles. The van der Waals surface area contributed by atoms with Crippen LogP contribution in [0.15, 0.2) is 22.8 Å². The predicted octanol–water partition coefficient (Wildman–Crippen LogP) is 4.22. The van der Waals surface area contributed by atoms with Crippen molar-refractivity contribution in [3.8, 4) is 5.88 Å². The number of carbonyl (C=O) groups excluding carboxylic acids is 3. The molecule has 5 rings (SSSR count). The number of furan rings is 1. The van der Waals surface area contributed by atoms with Gasteiger partial charge in [-0.25, -0.2) is 4.79 Å². The van der Waals surface area contributed by atoms with Crippen molar-refractivity contribution in [1.82, 2.24) is 15.2 Å². The number of pyridine rings is 1. The molecule has 0 radical (unpaired) electrons. The summed E-state index contributed by atoms with van der Waals surface area (Å²) >= 11 is 0. The Morgan fingerprint density at radius 1 is 1.23 bits per heavy atom. The van der Waals surface area contributed by atoms with Crippen LogP contribution in [0.25, 0.3) is 0 Å². The van der Waals surface area contributed by atoms with Gasteiger partial charge in [-0.3, -0.25) is 9.59 Å². The topological polar surface area (TPSA) is 126 Å². The molecule has 3 aliphatic rings. The summed E-state index contributed by atoms with van der Waals surface area (Å²) in [6, 6.07) is 3.64. The van der Waals surface area contributed by atoms with Gasteiger partial charge in [-0.05, 0) is 67.0 Å². The van der Waals surface area contributed by atoms with Gasteiger partial charge in [-0.15, -0.1) is 0 Å². The van der Waals surface area contributed by atoms with E-state index in [4.69, 9.17) is 18.9 Å². The first-order valence-corrected chi connectivity index (χ1v) is 13.9. The molecule has 0 bridgehead atoms. The van der Waals surface area contributed by atoms with Crippen LogP contribution in [0.5, 0.6) is 5.88 Å². The number of anilines is 2. The van der Waals surface area contributed by atoms with E-state index >= 15 is 0 Å². The summed E-state index contributed by atoms with van der Waals surface area (Å²) in [5, 5.41) is 5.77. The molecule has 0 unspecified atom stereocenters. The molecule has 2 N–H and O–H groups in total. The van der Waals surface area contributed by atoms with E-state index < -0.39 is 17.0 Å². The number of rotatable bonds is 5. The molecule has 0 aliphatic carbocycles. The summed E-state index contributed by atoms with van der Waals surface area (Å²) in [6.07, 6.45) is 2.25. The summed E-state index contributed by atoms with van der Waals surface area (Å²) in [6.45, 7) is 15.3. The first-order valence-electron chi connectivity index (χ1n) is 13.9. The standard InChI is InChI=1S/C29H39N5O6/c1-16(2)39-26-19(30-24(35)18-15-38-21-12-29(6,7)32-25(36)23(18)21)8-9-22(31-26)33-13-17-10-11-34(20(17)14-33)27(37)40-28(3,4)5/h8-9,15-17,20H,10-14H2,1-7H3,(H,30,35)(H,32,36)/t17-,20+/m1/s1. The molecule has 3 amide bonds. The minimum atomic E-state index is -0.547. The van der Waals surface area contributed by atoms with E-state index in [0.717, 1.165) is 13.0 Å². The summed E-state index contributed by atoms with van der Waals surface area (Å²) in [4.78, 5) is 47.5. The molecule has 0 saturated carbocycles. The molecule has 5 heterocycles. The molecular weight excluding hydrogens is 514 g/mol. The minimum Gasteiger partial charge on any atom is -0.473 e. The SMILES string of the molecule is CC(C)Oc1nc(N2C[C@H]3CCN(C(=O)OC(C)(C)C)[C@H]3C2)ccc1NC(=O)c1coc2c1C(=O)NC(C)(C)C2. The number of nitrogens with one attached hydrogen (secondary N) is 2. The minimum absolute atomic E-state index is 0.0499. The van der Waals surface area contributed by atoms with E-state index in [9.17, 15) is 14.4 Å². The summed E-state index contributed by atoms with van der Waals surface area (Å²) in [5.74, 6) is 0.987. The lowest BCUT2D eigenvalue weighted by atomic mass is 9.91. The lowest BCUT2D eigenvalue weighted by Crippen LogP contribution is -2.49. The van der Waals surface area contributed by atoms with Gasteiger partial charge in [0.15, 0.2) is 0 Å². The summed E-state index contributed by atoms with van der Waals surface area (Å²) < 4.78 is 17.2. The highest BCUT2D eigenvalue weighted by Crippen LogP contribution is 2.36. The smallest absolute Gasteiger partial charge is 0.410 e. The van der Waals surface area contributed by atoms with Crippen LogP contribution in [0.4, 0.5) is 16.3 Å². The van der Waals surface area contributed by atoms with Crippen LogP contribution in [-0.2, 0) is 11.2 Å². The Labute approximate surface area is 234 Å². The lowest BCUT2D eigenvalue weighted by Gasteiger charge is -2.29. The number of carbonyl (C=O) groups is 3. The molecular formula is C29H39N5O6. The van der Waals surface area contributed by atoms with E-state index in [0.29, 0.717) is 42.7 Å². The van der Waals surface area contributed by atoms with Gasteiger partial charge in [0, 0.05) is 37.5 Å². The lowest BCUT2D eigenvalue weighted by molar-refractivity contribution is 0.0228. The number of nitrogens with zero attached hydrogens (tertiary/aromatic N) is 3. The highest BCUT2D eigenvalue weighted by Gasteiger charge is 2.45. The highest BCUT2D eigenvalue weighted by atomic mass is 16.6. The van der Waals surface area contributed by atoms with Gasteiger partial charge in [0.2, 0.25) is 5.88 Å². The fourth-order valence-corrected chi connectivity index (χ4v) is 5.66. The van der Waals surface area contributed by atoms with Gasteiger partial charge >= 0.3 is 6.09 Å². The third kappa shape index (κ3) is 5.59. The fourth-order valence-electron chi connectivity index (χ4n) is 5.66. The van der Waals surface area contributed by atoms with Crippen LogP contribution in [-0.4, -0.2) is 70.7 Å². The van der Waals surface area contributed by atoms with E-state index in [1.165, 1.54) is 6.26 Å². The van der Waals surface area contributed by atoms with Crippen molar-refractivity contribution in [3.63, 3.8) is 0 Å². The zero-order valence-corrected chi connectivity index (χ0v) is 24.3. The Bertz CT molecular complexity index is 1330. The maximum Gasteiger partial charge on any atom is 0.410 e. The molecule has 40 heavy (non-hydrogen) atoms. The molecule has 11 heteroatoms. The average molecular weight is 554 g/mol. The molecule has 2 fully saturated rings. The predicted molar refractivity (Wildman–Crippen MR) is 149 cm³/mol. The first-order chi connectivity index (χ1) is 18.7. The van der Waals surface area contributed by atoms with Crippen LogP contribution in [0.1, 0.15) is 81.4 Å². The molecule has 11 nitrogen and oxygen atoms in total. The quantitative estimate of drug-likeness (QED) is 0.564. The highest BCUT2D eigenvalue weighted by molar-refractivity contribution is 6.13. The van der Waals surface area contributed by atoms with Gasteiger partial charge in [-0.1, -0.05) is 0 Å². The van der Waals surface area contributed by atoms with Gasteiger partial charge < -0.3 is 34.3 Å². The van der Waals surface area contributed by atoms with Crippen LogP contribution >= 0.6 is 0 Å². The molecule has 0 aromatic carbocycles. The Kier molecular flexibility index (Phi) is 6.96. The van der Waals surface area contributed by atoms with E-state index in [1.807, 2.05) is 59.4 Å². The van der Waals surface area contributed by atoms with Crippen LogP contribution in [0.3, 0.4) is 0 Å². The van der Waals surface area contributed by atoms with Crippen LogP contribution < -0.4 is 20.3 Å². The molecule has 216 valence electrons. The first kappa shape index (κ1) is 27.8. The van der Waals surface area contributed by atoms with Gasteiger partial charge in [0.05, 0.1) is 23.3 Å². The van der Waals surface area contributed by atoms with Crippen molar-refractivity contribution in [1.29, 1.82) is 0 Å².